The number of anilines is 1. The van der Waals surface area contributed by atoms with Crippen LogP contribution in [0.4, 0.5) is 5.69 Å². The Hall–Kier alpha value is -3.65. The lowest BCUT2D eigenvalue weighted by Gasteiger charge is -2.34. The Labute approximate surface area is 245 Å². The number of hydrogen-bond acceptors (Lipinski definition) is 4. The predicted molar refractivity (Wildman–Crippen MR) is 165 cm³/mol. The molecule has 0 aliphatic rings. The summed E-state index contributed by atoms with van der Waals surface area (Å²) in [6, 6.07) is 21.1. The number of sulfonamides is 1. The molecule has 0 heterocycles. The number of hydrogen-bond donors (Lipinski definition) is 1. The maximum Gasteiger partial charge on any atom is 0.264 e. The van der Waals surface area contributed by atoms with E-state index in [9.17, 15) is 18.0 Å². The fourth-order valence-corrected chi connectivity index (χ4v) is 6.20. The summed E-state index contributed by atoms with van der Waals surface area (Å²) in [4.78, 5) is 29.2. The van der Waals surface area contributed by atoms with Crippen LogP contribution in [0, 0.1) is 20.8 Å². The van der Waals surface area contributed by atoms with Crippen LogP contribution in [-0.2, 0) is 26.0 Å². The number of rotatable bonds is 13. The van der Waals surface area contributed by atoms with Crippen LogP contribution < -0.4 is 9.62 Å². The Morgan fingerprint density at radius 2 is 1.44 bits per heavy atom. The van der Waals surface area contributed by atoms with Gasteiger partial charge in [0.15, 0.2) is 0 Å². The van der Waals surface area contributed by atoms with Crippen molar-refractivity contribution in [3.63, 3.8) is 0 Å². The Balaban J connectivity index is 2.04. The third kappa shape index (κ3) is 8.43. The first-order valence-corrected chi connectivity index (χ1v) is 15.7. The third-order valence-electron chi connectivity index (χ3n) is 7.25. The number of nitrogens with one attached hydrogen (secondary N) is 1. The molecule has 3 aromatic carbocycles. The molecule has 3 aromatic rings. The zero-order valence-electron chi connectivity index (χ0n) is 25.1. The van der Waals surface area contributed by atoms with E-state index in [4.69, 9.17) is 0 Å². The third-order valence-corrected chi connectivity index (χ3v) is 9.04. The standard InChI is InChI=1S/C33H43N3O4S/c1-7-27(6)34-33(38)31(8-2)35(19-18-28-12-10-9-11-13-28)32(37)23-36(29-21-25(4)20-26(5)22-29)41(39,40)30-16-14-24(3)15-17-30/h9-17,20-22,27,31H,7-8,18-19,23H2,1-6H3,(H,34,38). The van der Waals surface area contributed by atoms with Crippen molar-refractivity contribution in [2.24, 2.45) is 0 Å². The molecule has 3 rings (SSSR count). The Bertz CT molecular complexity index is 1400. The zero-order valence-corrected chi connectivity index (χ0v) is 25.9. The van der Waals surface area contributed by atoms with Gasteiger partial charge >= 0.3 is 0 Å². The molecule has 0 aliphatic heterocycles. The average molecular weight is 578 g/mol. The molecule has 41 heavy (non-hydrogen) atoms. The van der Waals surface area contributed by atoms with E-state index in [0.717, 1.165) is 28.7 Å². The summed E-state index contributed by atoms with van der Waals surface area (Å²) in [5.74, 6) is -0.662. The van der Waals surface area contributed by atoms with Gasteiger partial charge in [0.1, 0.15) is 12.6 Å². The van der Waals surface area contributed by atoms with Gasteiger partial charge in [-0.05, 0) is 87.9 Å². The number of carbonyl (C=O) groups excluding carboxylic acids is 2. The molecule has 2 unspecified atom stereocenters. The lowest BCUT2D eigenvalue weighted by molar-refractivity contribution is -0.139. The highest BCUT2D eigenvalue weighted by molar-refractivity contribution is 7.92. The molecule has 220 valence electrons. The van der Waals surface area contributed by atoms with Crippen molar-refractivity contribution < 1.29 is 18.0 Å². The number of nitrogens with zero attached hydrogens (tertiary/aromatic N) is 2. The zero-order chi connectivity index (χ0) is 30.2. The lowest BCUT2D eigenvalue weighted by atomic mass is 10.1. The minimum absolute atomic E-state index is 0.0451. The number of carbonyl (C=O) groups is 2. The molecule has 0 spiro atoms. The van der Waals surface area contributed by atoms with Crippen LogP contribution in [0.15, 0.2) is 77.7 Å². The fraction of sp³-hybridized carbons (Fsp3) is 0.394. The summed E-state index contributed by atoms with van der Waals surface area (Å²) < 4.78 is 29.3. The van der Waals surface area contributed by atoms with Crippen LogP contribution in [0.3, 0.4) is 0 Å². The van der Waals surface area contributed by atoms with Crippen LogP contribution in [0.5, 0.6) is 0 Å². The summed E-state index contributed by atoms with van der Waals surface area (Å²) >= 11 is 0. The minimum Gasteiger partial charge on any atom is -0.352 e. The Morgan fingerprint density at radius 1 is 0.829 bits per heavy atom. The molecule has 0 saturated carbocycles. The summed E-state index contributed by atoms with van der Waals surface area (Å²) in [5, 5.41) is 3.01. The van der Waals surface area contributed by atoms with Crippen LogP contribution in [-0.4, -0.2) is 50.3 Å². The van der Waals surface area contributed by atoms with Gasteiger partial charge in [0.25, 0.3) is 10.0 Å². The van der Waals surface area contributed by atoms with Gasteiger partial charge in [0, 0.05) is 12.6 Å². The summed E-state index contributed by atoms with van der Waals surface area (Å²) in [5.41, 5.74) is 4.15. The molecule has 0 aromatic heterocycles. The highest BCUT2D eigenvalue weighted by Gasteiger charge is 2.33. The molecular formula is C33H43N3O4S. The van der Waals surface area contributed by atoms with Crippen LogP contribution in [0.2, 0.25) is 0 Å². The first-order chi connectivity index (χ1) is 19.5. The molecule has 0 saturated heterocycles. The summed E-state index contributed by atoms with van der Waals surface area (Å²) in [7, 11) is -4.09. The van der Waals surface area contributed by atoms with E-state index >= 15 is 0 Å². The second kappa shape index (κ2) is 14.3. The average Bonchev–Trinajstić information content (AvgIpc) is 2.93. The van der Waals surface area contributed by atoms with E-state index < -0.39 is 28.5 Å². The first-order valence-electron chi connectivity index (χ1n) is 14.3. The van der Waals surface area contributed by atoms with E-state index in [1.54, 1.807) is 41.3 Å². The smallest absolute Gasteiger partial charge is 0.264 e. The fourth-order valence-electron chi connectivity index (χ4n) is 4.80. The van der Waals surface area contributed by atoms with E-state index in [0.29, 0.717) is 18.5 Å². The highest BCUT2D eigenvalue weighted by atomic mass is 32.2. The molecule has 2 amide bonds. The van der Waals surface area contributed by atoms with Crippen LogP contribution in [0.25, 0.3) is 0 Å². The van der Waals surface area contributed by atoms with Crippen molar-refractivity contribution >= 4 is 27.5 Å². The summed E-state index contributed by atoms with van der Waals surface area (Å²) in [6.45, 7) is 11.3. The van der Waals surface area contributed by atoms with Crippen molar-refractivity contribution in [1.82, 2.24) is 10.2 Å². The van der Waals surface area contributed by atoms with Crippen molar-refractivity contribution in [1.29, 1.82) is 0 Å². The SMILES string of the molecule is CCC(C)NC(=O)C(CC)N(CCc1ccccc1)C(=O)CN(c1cc(C)cc(C)c1)S(=O)(=O)c1ccc(C)cc1. The van der Waals surface area contributed by atoms with E-state index in [1.165, 1.54) is 4.31 Å². The van der Waals surface area contributed by atoms with E-state index in [-0.39, 0.29) is 23.4 Å². The first kappa shape index (κ1) is 31.9. The molecular weight excluding hydrogens is 534 g/mol. The molecule has 8 heteroatoms. The maximum atomic E-state index is 14.2. The van der Waals surface area contributed by atoms with Gasteiger partial charge in [-0.3, -0.25) is 13.9 Å². The predicted octanol–water partition coefficient (Wildman–Crippen LogP) is 5.57. The van der Waals surface area contributed by atoms with Gasteiger partial charge in [0.05, 0.1) is 10.6 Å². The van der Waals surface area contributed by atoms with Gasteiger partial charge < -0.3 is 10.2 Å². The minimum atomic E-state index is -4.09. The number of benzene rings is 3. The maximum absolute atomic E-state index is 14.2. The summed E-state index contributed by atoms with van der Waals surface area (Å²) in [6.07, 6.45) is 1.69. The molecule has 2 atom stereocenters. The van der Waals surface area contributed by atoms with Crippen molar-refractivity contribution in [3.8, 4) is 0 Å². The van der Waals surface area contributed by atoms with Gasteiger partial charge in [-0.25, -0.2) is 8.42 Å². The quantitative estimate of drug-likeness (QED) is 0.288. The molecule has 1 N–H and O–H groups in total. The van der Waals surface area contributed by atoms with Crippen molar-refractivity contribution in [2.45, 2.75) is 77.8 Å². The number of amides is 2. The highest BCUT2D eigenvalue weighted by Crippen LogP contribution is 2.27. The van der Waals surface area contributed by atoms with Crippen LogP contribution >= 0.6 is 0 Å². The molecule has 0 fully saturated rings. The van der Waals surface area contributed by atoms with Gasteiger partial charge in [-0.2, -0.15) is 0 Å². The Morgan fingerprint density at radius 3 is 2.00 bits per heavy atom. The van der Waals surface area contributed by atoms with Gasteiger partial charge in [-0.1, -0.05) is 67.9 Å². The van der Waals surface area contributed by atoms with Crippen LogP contribution in [0.1, 0.15) is 55.9 Å². The molecule has 0 radical (unpaired) electrons. The monoisotopic (exact) mass is 577 g/mol. The van der Waals surface area contributed by atoms with Gasteiger partial charge in [-0.15, -0.1) is 0 Å². The van der Waals surface area contributed by atoms with Crippen molar-refractivity contribution in [2.75, 3.05) is 17.4 Å². The normalized spacial score (nSPS) is 12.8. The van der Waals surface area contributed by atoms with Crippen molar-refractivity contribution in [3.05, 3.63) is 95.1 Å². The molecule has 7 nitrogen and oxygen atoms in total. The second-order valence-electron chi connectivity index (χ2n) is 10.7. The van der Waals surface area contributed by atoms with E-state index in [2.05, 4.69) is 5.32 Å². The van der Waals surface area contributed by atoms with Gasteiger partial charge in [0.2, 0.25) is 11.8 Å². The second-order valence-corrected chi connectivity index (χ2v) is 12.6. The Kier molecular flexibility index (Phi) is 11.1. The largest absolute Gasteiger partial charge is 0.352 e. The lowest BCUT2D eigenvalue weighted by Crippen LogP contribution is -2.54. The number of aryl methyl sites for hydroxylation is 3. The molecule has 0 aliphatic carbocycles. The topological polar surface area (TPSA) is 86.8 Å². The molecule has 0 bridgehead atoms. The van der Waals surface area contributed by atoms with E-state index in [1.807, 2.05) is 77.9 Å².